The number of nitrogens with zero attached hydrogens (tertiary/aromatic N) is 2. The lowest BCUT2D eigenvalue weighted by atomic mass is 10.1. The molecule has 1 atom stereocenters. The van der Waals surface area contributed by atoms with Gasteiger partial charge in [0.1, 0.15) is 6.04 Å². The second-order valence-electron chi connectivity index (χ2n) is 4.24. The van der Waals surface area contributed by atoms with Crippen LogP contribution in [0.4, 0.5) is 13.2 Å². The third-order valence-corrected chi connectivity index (χ3v) is 2.61. The number of carbonyl (C=O) groups is 1. The minimum atomic E-state index is -4.40. The predicted octanol–water partition coefficient (Wildman–Crippen LogP) is 1.74. The molecule has 1 heterocycles. The monoisotopic (exact) mass is 293 g/mol. The smallest absolute Gasteiger partial charge is 0.401 e. The maximum Gasteiger partial charge on any atom is 0.401 e. The van der Waals surface area contributed by atoms with Crippen molar-refractivity contribution < 1.29 is 22.7 Å². The summed E-state index contributed by atoms with van der Waals surface area (Å²) in [5.74, 6) is -0.737. The fourth-order valence-corrected chi connectivity index (χ4v) is 1.83. The summed E-state index contributed by atoms with van der Waals surface area (Å²) in [6, 6.07) is -1.17. The van der Waals surface area contributed by atoms with E-state index in [9.17, 15) is 18.0 Å². The van der Waals surface area contributed by atoms with E-state index in [-0.39, 0.29) is 6.61 Å². The molecule has 0 bridgehead atoms. The topological polar surface area (TPSA) is 56.1 Å². The van der Waals surface area contributed by atoms with Crippen LogP contribution in [-0.2, 0) is 23.0 Å². The van der Waals surface area contributed by atoms with Gasteiger partial charge in [-0.05, 0) is 13.3 Å². The van der Waals surface area contributed by atoms with Crippen molar-refractivity contribution in [1.82, 2.24) is 15.1 Å². The second kappa shape index (κ2) is 6.74. The highest BCUT2D eigenvalue weighted by atomic mass is 19.4. The number of hydrogen-bond donors (Lipinski definition) is 1. The van der Waals surface area contributed by atoms with Crippen LogP contribution in [-0.4, -0.2) is 35.1 Å². The van der Waals surface area contributed by atoms with Crippen LogP contribution in [0, 0.1) is 0 Å². The number of esters is 1. The molecule has 0 aliphatic carbocycles. The fourth-order valence-electron chi connectivity index (χ4n) is 1.83. The van der Waals surface area contributed by atoms with Gasteiger partial charge >= 0.3 is 12.1 Å². The quantitative estimate of drug-likeness (QED) is 0.812. The summed E-state index contributed by atoms with van der Waals surface area (Å²) in [6.45, 7) is 2.25. The van der Waals surface area contributed by atoms with Crippen LogP contribution >= 0.6 is 0 Å². The van der Waals surface area contributed by atoms with Crippen molar-refractivity contribution in [2.45, 2.75) is 32.5 Å². The largest absolute Gasteiger partial charge is 0.465 e. The molecule has 1 aromatic heterocycles. The normalized spacial score (nSPS) is 13.3. The number of hydrogen-bond acceptors (Lipinski definition) is 4. The number of rotatable bonds is 6. The zero-order chi connectivity index (χ0) is 15.3. The summed E-state index contributed by atoms with van der Waals surface area (Å²) >= 11 is 0. The first-order chi connectivity index (χ1) is 9.28. The Bertz CT molecular complexity index is 457. The molecule has 5 nitrogen and oxygen atoms in total. The van der Waals surface area contributed by atoms with Crippen LogP contribution in [0.3, 0.4) is 0 Å². The minimum Gasteiger partial charge on any atom is -0.465 e. The van der Waals surface area contributed by atoms with Crippen LogP contribution in [0.15, 0.2) is 6.20 Å². The average molecular weight is 293 g/mol. The molecule has 20 heavy (non-hydrogen) atoms. The van der Waals surface area contributed by atoms with Gasteiger partial charge < -0.3 is 4.74 Å². The van der Waals surface area contributed by atoms with Gasteiger partial charge in [0.15, 0.2) is 0 Å². The molecule has 0 fully saturated rings. The third-order valence-electron chi connectivity index (χ3n) is 2.61. The molecule has 1 N–H and O–H groups in total. The van der Waals surface area contributed by atoms with Gasteiger partial charge in [-0.15, -0.1) is 0 Å². The summed E-state index contributed by atoms with van der Waals surface area (Å²) in [5, 5.41) is 6.32. The molecule has 1 aromatic rings. The van der Waals surface area contributed by atoms with Crippen molar-refractivity contribution in [3.63, 3.8) is 0 Å². The van der Waals surface area contributed by atoms with Gasteiger partial charge in [-0.2, -0.15) is 18.3 Å². The molecule has 0 aromatic carbocycles. The van der Waals surface area contributed by atoms with Crippen molar-refractivity contribution >= 4 is 5.97 Å². The van der Waals surface area contributed by atoms with Crippen LogP contribution in [0.25, 0.3) is 0 Å². The van der Waals surface area contributed by atoms with Crippen LogP contribution < -0.4 is 5.32 Å². The van der Waals surface area contributed by atoms with Crippen LogP contribution in [0.5, 0.6) is 0 Å². The van der Waals surface area contributed by atoms with E-state index in [0.717, 1.165) is 0 Å². The number of halogens is 3. The fraction of sp³-hybridized carbons (Fsp3) is 0.667. The van der Waals surface area contributed by atoms with Gasteiger partial charge in [-0.3, -0.25) is 10.00 Å². The lowest BCUT2D eigenvalue weighted by Gasteiger charge is -2.18. The Kier molecular flexibility index (Phi) is 5.55. The molecular weight excluding hydrogens is 275 g/mol. The van der Waals surface area contributed by atoms with Gasteiger partial charge in [0, 0.05) is 18.8 Å². The standard InChI is InChI=1S/C12H18F3N3O2/c1-4-9-8(6-18(3)17-9)10(11(19)20-5-2)16-7-12(13,14)15/h6,10,16H,4-5,7H2,1-3H3. The maximum absolute atomic E-state index is 12.3. The van der Waals surface area contributed by atoms with E-state index >= 15 is 0 Å². The summed E-state index contributed by atoms with van der Waals surface area (Å²) < 4.78 is 43.3. The van der Waals surface area contributed by atoms with E-state index in [4.69, 9.17) is 4.74 Å². The first kappa shape index (κ1) is 16.5. The molecule has 0 saturated heterocycles. The van der Waals surface area contributed by atoms with E-state index in [1.165, 1.54) is 10.9 Å². The lowest BCUT2D eigenvalue weighted by molar-refractivity contribution is -0.149. The predicted molar refractivity (Wildman–Crippen MR) is 66.0 cm³/mol. The van der Waals surface area contributed by atoms with E-state index in [0.29, 0.717) is 17.7 Å². The van der Waals surface area contributed by atoms with E-state index in [1.807, 2.05) is 6.92 Å². The molecule has 8 heteroatoms. The molecule has 0 amide bonds. The summed E-state index contributed by atoms with van der Waals surface area (Å²) in [4.78, 5) is 11.8. The highest BCUT2D eigenvalue weighted by molar-refractivity contribution is 5.78. The van der Waals surface area contributed by atoms with E-state index in [1.54, 1.807) is 14.0 Å². The number of aryl methyl sites for hydroxylation is 2. The maximum atomic E-state index is 12.3. The van der Waals surface area contributed by atoms with Crippen LogP contribution in [0.1, 0.15) is 31.1 Å². The average Bonchev–Trinajstić information content (AvgIpc) is 2.69. The zero-order valence-corrected chi connectivity index (χ0v) is 11.6. The second-order valence-corrected chi connectivity index (χ2v) is 4.24. The Morgan fingerprint density at radius 3 is 2.65 bits per heavy atom. The first-order valence-electron chi connectivity index (χ1n) is 6.27. The summed E-state index contributed by atoms with van der Waals surface area (Å²) in [5.41, 5.74) is 0.984. The summed E-state index contributed by atoms with van der Waals surface area (Å²) in [6.07, 6.45) is -2.36. The van der Waals surface area contributed by atoms with Gasteiger partial charge in [-0.1, -0.05) is 6.92 Å². The Hall–Kier alpha value is -1.57. The minimum absolute atomic E-state index is 0.102. The number of nitrogens with one attached hydrogen (secondary N) is 1. The number of alkyl halides is 3. The molecule has 1 unspecified atom stereocenters. The molecule has 0 aliphatic heterocycles. The molecule has 0 spiro atoms. The van der Waals surface area contributed by atoms with Crippen molar-refractivity contribution in [3.8, 4) is 0 Å². The number of carbonyl (C=O) groups excluding carboxylic acids is 1. The van der Waals surface area contributed by atoms with Gasteiger partial charge in [0.2, 0.25) is 0 Å². The highest BCUT2D eigenvalue weighted by Crippen LogP contribution is 2.21. The lowest BCUT2D eigenvalue weighted by Crippen LogP contribution is -2.37. The van der Waals surface area contributed by atoms with E-state index < -0.39 is 24.7 Å². The highest BCUT2D eigenvalue weighted by Gasteiger charge is 2.33. The third kappa shape index (κ3) is 4.52. The number of ether oxygens (including phenoxy) is 1. The zero-order valence-electron chi connectivity index (χ0n) is 11.6. The molecule has 1 rings (SSSR count). The SMILES string of the molecule is CCOC(=O)C(NCC(F)(F)F)c1cn(C)nc1CC. The molecule has 0 saturated carbocycles. The van der Waals surface area contributed by atoms with Crippen molar-refractivity contribution in [1.29, 1.82) is 0 Å². The van der Waals surface area contributed by atoms with Crippen molar-refractivity contribution in [2.75, 3.05) is 13.2 Å². The van der Waals surface area contributed by atoms with Crippen molar-refractivity contribution in [3.05, 3.63) is 17.5 Å². The summed E-state index contributed by atoms with van der Waals surface area (Å²) in [7, 11) is 1.65. The van der Waals surface area contributed by atoms with Gasteiger partial charge in [0.25, 0.3) is 0 Å². The molecule has 0 radical (unpaired) electrons. The van der Waals surface area contributed by atoms with Gasteiger partial charge in [0.05, 0.1) is 18.8 Å². The Balaban J connectivity index is 2.99. The first-order valence-corrected chi connectivity index (χ1v) is 6.27. The number of aromatic nitrogens is 2. The van der Waals surface area contributed by atoms with Crippen LogP contribution in [0.2, 0.25) is 0 Å². The molecule has 0 aliphatic rings. The molecule has 114 valence electrons. The Morgan fingerprint density at radius 2 is 2.15 bits per heavy atom. The Labute approximate surface area is 115 Å². The van der Waals surface area contributed by atoms with Gasteiger partial charge in [-0.25, -0.2) is 4.79 Å². The molecular formula is C12H18F3N3O2. The Morgan fingerprint density at radius 1 is 1.50 bits per heavy atom. The van der Waals surface area contributed by atoms with Crippen molar-refractivity contribution in [2.24, 2.45) is 7.05 Å². The van der Waals surface area contributed by atoms with E-state index in [2.05, 4.69) is 10.4 Å².